The zero-order valence-corrected chi connectivity index (χ0v) is 15.9. The van der Waals surface area contributed by atoms with Crippen LogP contribution in [-0.2, 0) is 4.79 Å². The van der Waals surface area contributed by atoms with E-state index in [0.29, 0.717) is 23.9 Å². The van der Waals surface area contributed by atoms with E-state index in [0.717, 1.165) is 37.8 Å². The van der Waals surface area contributed by atoms with Gasteiger partial charge in [0.05, 0.1) is 13.2 Å². The van der Waals surface area contributed by atoms with E-state index >= 15 is 0 Å². The SMILES string of the molecule is COc1cc(N2C[C@H]3C[C@@H](C(=O)NCC4CC4)N(C(C)C)[C@H]3C2)ncn1. The number of fused-ring (bicyclic) bond motifs is 1. The average molecular weight is 359 g/mol. The molecule has 142 valence electrons. The van der Waals surface area contributed by atoms with Crippen molar-refractivity contribution >= 4 is 11.7 Å². The maximum atomic E-state index is 12.8. The van der Waals surface area contributed by atoms with Crippen molar-refractivity contribution in [3.8, 4) is 5.88 Å². The van der Waals surface area contributed by atoms with E-state index in [1.54, 1.807) is 13.4 Å². The Morgan fingerprint density at radius 3 is 2.85 bits per heavy atom. The van der Waals surface area contributed by atoms with E-state index < -0.39 is 0 Å². The van der Waals surface area contributed by atoms with Gasteiger partial charge in [0.1, 0.15) is 12.1 Å². The highest BCUT2D eigenvalue weighted by Gasteiger charge is 2.50. The van der Waals surface area contributed by atoms with Crippen molar-refractivity contribution < 1.29 is 9.53 Å². The van der Waals surface area contributed by atoms with Gasteiger partial charge in [-0.15, -0.1) is 0 Å². The van der Waals surface area contributed by atoms with Gasteiger partial charge in [0, 0.05) is 37.8 Å². The first kappa shape index (κ1) is 17.5. The van der Waals surface area contributed by atoms with Gasteiger partial charge in [-0.3, -0.25) is 9.69 Å². The van der Waals surface area contributed by atoms with Gasteiger partial charge in [-0.1, -0.05) is 0 Å². The number of anilines is 1. The number of carbonyl (C=O) groups excluding carboxylic acids is 1. The van der Waals surface area contributed by atoms with Crippen molar-refractivity contribution in [3.05, 3.63) is 12.4 Å². The summed E-state index contributed by atoms with van der Waals surface area (Å²) in [7, 11) is 1.62. The fraction of sp³-hybridized carbons (Fsp3) is 0.737. The largest absolute Gasteiger partial charge is 0.481 e. The van der Waals surface area contributed by atoms with Crippen molar-refractivity contribution in [2.75, 3.05) is 31.6 Å². The highest BCUT2D eigenvalue weighted by Crippen LogP contribution is 2.39. The predicted octanol–water partition coefficient (Wildman–Crippen LogP) is 1.30. The molecular formula is C19H29N5O2. The Morgan fingerprint density at radius 2 is 2.15 bits per heavy atom. The number of hydrogen-bond donors (Lipinski definition) is 1. The van der Waals surface area contributed by atoms with Crippen LogP contribution in [-0.4, -0.2) is 65.6 Å². The first-order chi connectivity index (χ1) is 12.6. The maximum Gasteiger partial charge on any atom is 0.237 e. The molecular weight excluding hydrogens is 330 g/mol. The minimum Gasteiger partial charge on any atom is -0.481 e. The Hall–Kier alpha value is -1.89. The van der Waals surface area contributed by atoms with Crippen molar-refractivity contribution in [3.63, 3.8) is 0 Å². The van der Waals surface area contributed by atoms with Gasteiger partial charge in [0.2, 0.25) is 11.8 Å². The zero-order valence-electron chi connectivity index (χ0n) is 15.9. The smallest absolute Gasteiger partial charge is 0.237 e. The second-order valence-corrected chi connectivity index (χ2v) is 8.13. The second-order valence-electron chi connectivity index (χ2n) is 8.13. The van der Waals surface area contributed by atoms with Gasteiger partial charge >= 0.3 is 0 Å². The first-order valence-electron chi connectivity index (χ1n) is 9.73. The number of aromatic nitrogens is 2. The van der Waals surface area contributed by atoms with Crippen LogP contribution in [0, 0.1) is 11.8 Å². The number of likely N-dealkylation sites (tertiary alicyclic amines) is 1. The molecule has 0 spiro atoms. The number of rotatable bonds is 6. The number of methoxy groups -OCH3 is 1. The van der Waals surface area contributed by atoms with Crippen molar-refractivity contribution in [1.29, 1.82) is 0 Å². The lowest BCUT2D eigenvalue weighted by atomic mass is 10.0. The Kier molecular flexibility index (Phi) is 4.73. The molecule has 3 aliphatic rings. The van der Waals surface area contributed by atoms with Crippen LogP contribution in [0.5, 0.6) is 5.88 Å². The van der Waals surface area contributed by atoms with E-state index in [4.69, 9.17) is 4.74 Å². The van der Waals surface area contributed by atoms with Gasteiger partial charge in [-0.05, 0) is 44.9 Å². The molecule has 1 amide bonds. The van der Waals surface area contributed by atoms with Crippen LogP contribution >= 0.6 is 0 Å². The molecule has 7 heteroatoms. The minimum atomic E-state index is 0.00540. The van der Waals surface area contributed by atoms with Crippen LogP contribution in [0.25, 0.3) is 0 Å². The van der Waals surface area contributed by atoms with Crippen LogP contribution in [0.15, 0.2) is 12.4 Å². The molecule has 3 fully saturated rings. The molecule has 1 aromatic heterocycles. The molecule has 0 bridgehead atoms. The third-order valence-corrected chi connectivity index (χ3v) is 6.00. The standard InChI is InChI=1S/C19H29N5O2/c1-12(2)24-15(19(25)20-8-13-4-5-13)6-14-9-23(10-16(14)24)17-7-18(26-3)22-11-21-17/h7,11-16H,4-6,8-10H2,1-3H3,(H,20,25)/t14-,15+,16+/m1/s1. The third kappa shape index (κ3) is 3.37. The molecule has 1 aromatic rings. The first-order valence-corrected chi connectivity index (χ1v) is 9.73. The molecule has 1 aliphatic carbocycles. The molecule has 3 heterocycles. The van der Waals surface area contributed by atoms with E-state index in [9.17, 15) is 4.79 Å². The molecule has 1 N–H and O–H groups in total. The number of carbonyl (C=O) groups is 1. The Bertz CT molecular complexity index is 663. The highest BCUT2D eigenvalue weighted by atomic mass is 16.5. The number of ether oxygens (including phenoxy) is 1. The van der Waals surface area contributed by atoms with E-state index in [1.807, 2.05) is 6.07 Å². The summed E-state index contributed by atoms with van der Waals surface area (Å²) in [5.41, 5.74) is 0. The van der Waals surface area contributed by atoms with Crippen LogP contribution in [0.3, 0.4) is 0 Å². The van der Waals surface area contributed by atoms with Crippen LogP contribution in [0.2, 0.25) is 0 Å². The summed E-state index contributed by atoms with van der Waals surface area (Å²) in [5.74, 6) is 2.93. The molecule has 2 aliphatic heterocycles. The number of nitrogens with zero attached hydrogens (tertiary/aromatic N) is 4. The zero-order chi connectivity index (χ0) is 18.3. The summed E-state index contributed by atoms with van der Waals surface area (Å²) in [6.07, 6.45) is 5.01. The summed E-state index contributed by atoms with van der Waals surface area (Å²) >= 11 is 0. The topological polar surface area (TPSA) is 70.6 Å². The normalized spacial score (nSPS) is 28.5. The molecule has 2 saturated heterocycles. The van der Waals surface area contributed by atoms with Crippen molar-refractivity contribution in [2.45, 2.75) is 51.2 Å². The number of hydrogen-bond acceptors (Lipinski definition) is 6. The summed E-state index contributed by atoms with van der Waals surface area (Å²) in [6, 6.07) is 2.64. The second kappa shape index (κ2) is 7.02. The van der Waals surface area contributed by atoms with Gasteiger partial charge in [-0.25, -0.2) is 9.97 Å². The predicted molar refractivity (Wildman–Crippen MR) is 99.2 cm³/mol. The lowest BCUT2D eigenvalue weighted by molar-refractivity contribution is -0.126. The monoisotopic (exact) mass is 359 g/mol. The van der Waals surface area contributed by atoms with Crippen molar-refractivity contribution in [1.82, 2.24) is 20.2 Å². The Labute approximate surface area is 155 Å². The molecule has 0 unspecified atom stereocenters. The molecule has 0 aromatic carbocycles. The summed E-state index contributed by atoms with van der Waals surface area (Å²) in [4.78, 5) is 26.0. The summed E-state index contributed by atoms with van der Waals surface area (Å²) in [5, 5.41) is 3.19. The quantitative estimate of drug-likeness (QED) is 0.826. The van der Waals surface area contributed by atoms with Crippen LogP contribution in [0.1, 0.15) is 33.1 Å². The molecule has 0 radical (unpaired) electrons. The van der Waals surface area contributed by atoms with E-state index in [-0.39, 0.29) is 11.9 Å². The lowest BCUT2D eigenvalue weighted by Gasteiger charge is -2.33. The maximum absolute atomic E-state index is 12.8. The number of nitrogens with one attached hydrogen (secondary N) is 1. The number of amides is 1. The lowest BCUT2D eigenvalue weighted by Crippen LogP contribution is -2.51. The summed E-state index contributed by atoms with van der Waals surface area (Å²) in [6.45, 7) is 7.07. The average Bonchev–Trinajstić information content (AvgIpc) is 3.26. The van der Waals surface area contributed by atoms with Crippen LogP contribution in [0.4, 0.5) is 5.82 Å². The highest BCUT2D eigenvalue weighted by molar-refractivity contribution is 5.82. The van der Waals surface area contributed by atoms with Crippen molar-refractivity contribution in [2.24, 2.45) is 11.8 Å². The minimum absolute atomic E-state index is 0.00540. The fourth-order valence-corrected chi connectivity index (χ4v) is 4.53. The molecule has 1 saturated carbocycles. The molecule has 3 atom stereocenters. The van der Waals surface area contributed by atoms with Crippen LogP contribution < -0.4 is 15.0 Å². The van der Waals surface area contributed by atoms with E-state index in [2.05, 4.69) is 38.9 Å². The van der Waals surface area contributed by atoms with Gasteiger partial charge in [0.25, 0.3) is 0 Å². The molecule has 7 nitrogen and oxygen atoms in total. The Morgan fingerprint density at radius 1 is 1.35 bits per heavy atom. The molecule has 4 rings (SSSR count). The fourth-order valence-electron chi connectivity index (χ4n) is 4.53. The van der Waals surface area contributed by atoms with Gasteiger partial charge < -0.3 is 15.0 Å². The van der Waals surface area contributed by atoms with Gasteiger partial charge in [-0.2, -0.15) is 0 Å². The molecule has 26 heavy (non-hydrogen) atoms. The van der Waals surface area contributed by atoms with Gasteiger partial charge in [0.15, 0.2) is 0 Å². The Balaban J connectivity index is 1.45. The summed E-state index contributed by atoms with van der Waals surface area (Å²) < 4.78 is 5.23. The van der Waals surface area contributed by atoms with E-state index in [1.165, 1.54) is 12.8 Å². The third-order valence-electron chi connectivity index (χ3n) is 6.00.